The van der Waals surface area contributed by atoms with Crippen LogP contribution in [0.15, 0.2) is 40.7 Å². The number of H-pyrrole nitrogens is 1. The van der Waals surface area contributed by atoms with Crippen LogP contribution in [-0.2, 0) is 5.41 Å². The highest BCUT2D eigenvalue weighted by Gasteiger charge is 2.42. The third-order valence-corrected chi connectivity index (χ3v) is 8.59. The molecule has 4 aromatic rings. The topological polar surface area (TPSA) is 127 Å². The van der Waals surface area contributed by atoms with E-state index in [0.717, 1.165) is 59.4 Å². The number of rotatable bonds is 5. The number of nitrogens with zero attached hydrogens (tertiary/aromatic N) is 6. The number of fused-ring (bicyclic) bond motifs is 2. The highest BCUT2D eigenvalue weighted by atomic mass is 16.5. The highest BCUT2D eigenvalue weighted by Crippen LogP contribution is 2.48. The number of hydrogen-bond acceptors (Lipinski definition) is 7. The smallest absolute Gasteiger partial charge is 0.292 e. The molecule has 2 atom stereocenters. The van der Waals surface area contributed by atoms with Crippen molar-refractivity contribution in [3.8, 4) is 11.4 Å². The molecule has 1 fully saturated rings. The fourth-order valence-corrected chi connectivity index (χ4v) is 6.12. The summed E-state index contributed by atoms with van der Waals surface area (Å²) in [5.41, 5.74) is 6.71. The Bertz CT molecular complexity index is 1700. The third-order valence-electron chi connectivity index (χ3n) is 8.59. The molecule has 2 aliphatic carbocycles. The van der Waals surface area contributed by atoms with Gasteiger partial charge in [-0.05, 0) is 58.1 Å². The second-order valence-electron chi connectivity index (χ2n) is 12.9. The molecule has 1 amide bonds. The summed E-state index contributed by atoms with van der Waals surface area (Å²) in [4.78, 5) is 30.4. The number of imidazole rings is 1. The van der Waals surface area contributed by atoms with E-state index in [1.165, 1.54) is 5.57 Å². The fraction of sp³-hybridized carbons (Fsp3) is 0.484. The number of nitrogens with one attached hydrogen (secondary N) is 2. The molecule has 1 saturated carbocycles. The van der Waals surface area contributed by atoms with E-state index in [0.29, 0.717) is 11.5 Å². The molecule has 10 nitrogen and oxygen atoms in total. The lowest BCUT2D eigenvalue weighted by Gasteiger charge is -2.45. The Hall–Kier alpha value is -4.08. The highest BCUT2D eigenvalue weighted by molar-refractivity contribution is 5.93. The molecular formula is C31H38N8O2. The van der Waals surface area contributed by atoms with Crippen LogP contribution in [0, 0.1) is 12.3 Å². The minimum Gasteiger partial charge on any atom is -0.346 e. The molecule has 10 heteroatoms. The van der Waals surface area contributed by atoms with Crippen molar-refractivity contribution in [1.29, 1.82) is 0 Å². The number of amides is 1. The van der Waals surface area contributed by atoms with Crippen molar-refractivity contribution in [2.24, 2.45) is 5.41 Å². The van der Waals surface area contributed by atoms with Crippen LogP contribution in [-0.4, -0.2) is 46.8 Å². The van der Waals surface area contributed by atoms with Gasteiger partial charge in [0.15, 0.2) is 5.65 Å². The lowest BCUT2D eigenvalue weighted by molar-refractivity contribution is 0.0870. The molecule has 1 unspecified atom stereocenters. The summed E-state index contributed by atoms with van der Waals surface area (Å²) in [6, 6.07) is 2.29. The van der Waals surface area contributed by atoms with Gasteiger partial charge in [0.2, 0.25) is 5.89 Å². The van der Waals surface area contributed by atoms with E-state index in [2.05, 4.69) is 70.4 Å². The molecule has 2 N–H and O–H groups in total. The van der Waals surface area contributed by atoms with Crippen LogP contribution in [0.4, 0.5) is 0 Å². The van der Waals surface area contributed by atoms with Gasteiger partial charge in [-0.1, -0.05) is 50.6 Å². The summed E-state index contributed by atoms with van der Waals surface area (Å²) in [7, 11) is 0. The Morgan fingerprint density at radius 3 is 2.76 bits per heavy atom. The Kier molecular flexibility index (Phi) is 6.47. The number of carbonyl (C=O) groups is 1. The van der Waals surface area contributed by atoms with Crippen LogP contribution >= 0.6 is 0 Å². The monoisotopic (exact) mass is 554 g/mol. The number of aromatic amines is 1. The average Bonchev–Trinajstić information content (AvgIpc) is 3.66. The van der Waals surface area contributed by atoms with E-state index in [1.807, 2.05) is 43.9 Å². The van der Waals surface area contributed by atoms with Crippen molar-refractivity contribution in [1.82, 2.24) is 40.2 Å². The quantitative estimate of drug-likeness (QED) is 0.305. The number of allylic oxidation sites excluding steroid dienone is 3. The SMILES string of the molecule is Cc1c(-c2nc3nccc(C4=CCC5(C)C(=C4)CCC[C@H]5NC(=O)c4noc(C(C)(C)C)n4)c3[nH]2)cnn1C(C)C. The first-order chi connectivity index (χ1) is 19.5. The Morgan fingerprint density at radius 2 is 2.05 bits per heavy atom. The van der Waals surface area contributed by atoms with Crippen molar-refractivity contribution in [2.75, 3.05) is 0 Å². The summed E-state index contributed by atoms with van der Waals surface area (Å²) in [6.07, 6.45) is 12.0. The standard InChI is InChI=1S/C31H38N8O2/c1-17(2)39-18(3)22(16-33-39)25-35-24-21(12-14-32-26(24)36-25)19-11-13-31(7)20(15-19)9-8-10-23(31)34-28(40)27-37-29(41-38-27)30(4,5)6/h11-12,14-17,23H,8-10,13H2,1-7H3,(H,34,40)(H,32,35,36)/t23-,31?/m1/s1. The maximum atomic E-state index is 13.1. The van der Waals surface area contributed by atoms with Gasteiger partial charge in [-0.2, -0.15) is 10.1 Å². The maximum Gasteiger partial charge on any atom is 0.292 e. The minimum atomic E-state index is -0.314. The summed E-state index contributed by atoms with van der Waals surface area (Å²) < 4.78 is 7.36. The van der Waals surface area contributed by atoms with Crippen LogP contribution in [0.5, 0.6) is 0 Å². The lowest BCUT2D eigenvalue weighted by Crippen LogP contribution is -2.50. The van der Waals surface area contributed by atoms with Crippen LogP contribution in [0.2, 0.25) is 0 Å². The molecular weight excluding hydrogens is 516 g/mol. The van der Waals surface area contributed by atoms with Gasteiger partial charge < -0.3 is 14.8 Å². The Balaban J connectivity index is 1.27. The predicted molar refractivity (Wildman–Crippen MR) is 157 cm³/mol. The molecule has 41 heavy (non-hydrogen) atoms. The molecule has 214 valence electrons. The number of aromatic nitrogens is 7. The van der Waals surface area contributed by atoms with Crippen molar-refractivity contribution < 1.29 is 9.32 Å². The van der Waals surface area contributed by atoms with Gasteiger partial charge in [0.05, 0.1) is 17.3 Å². The first kappa shape index (κ1) is 27.1. The van der Waals surface area contributed by atoms with Gasteiger partial charge in [0, 0.05) is 40.4 Å². The van der Waals surface area contributed by atoms with Crippen LogP contribution < -0.4 is 5.32 Å². The zero-order valence-electron chi connectivity index (χ0n) is 24.9. The molecule has 4 heterocycles. The largest absolute Gasteiger partial charge is 0.346 e. The Labute approximate surface area is 239 Å². The van der Waals surface area contributed by atoms with Gasteiger partial charge in [0.1, 0.15) is 5.82 Å². The normalized spacial score (nSPS) is 21.1. The third kappa shape index (κ3) is 4.69. The van der Waals surface area contributed by atoms with Crippen LogP contribution in [0.1, 0.15) is 101 Å². The zero-order chi connectivity index (χ0) is 29.1. The lowest BCUT2D eigenvalue weighted by atomic mass is 9.63. The van der Waals surface area contributed by atoms with Gasteiger partial charge in [-0.15, -0.1) is 0 Å². The fourth-order valence-electron chi connectivity index (χ4n) is 6.12. The summed E-state index contributed by atoms with van der Waals surface area (Å²) in [6.45, 7) is 14.5. The van der Waals surface area contributed by atoms with E-state index < -0.39 is 0 Å². The van der Waals surface area contributed by atoms with E-state index in [-0.39, 0.29) is 34.6 Å². The number of pyridine rings is 1. The average molecular weight is 555 g/mol. The minimum absolute atomic E-state index is 0.0268. The van der Waals surface area contributed by atoms with E-state index in [4.69, 9.17) is 9.51 Å². The zero-order valence-corrected chi connectivity index (χ0v) is 24.9. The molecule has 0 spiro atoms. The first-order valence-electron chi connectivity index (χ1n) is 14.4. The molecule has 0 aromatic carbocycles. The van der Waals surface area contributed by atoms with Crippen molar-refractivity contribution in [3.05, 3.63) is 59.2 Å². The number of carbonyl (C=O) groups excluding carboxylic acids is 1. The van der Waals surface area contributed by atoms with Crippen LogP contribution in [0.25, 0.3) is 28.1 Å². The van der Waals surface area contributed by atoms with E-state index in [1.54, 1.807) is 0 Å². The van der Waals surface area contributed by atoms with Crippen molar-refractivity contribution in [3.63, 3.8) is 0 Å². The predicted octanol–water partition coefficient (Wildman–Crippen LogP) is 6.09. The molecule has 4 aromatic heterocycles. The van der Waals surface area contributed by atoms with Gasteiger partial charge in [-0.3, -0.25) is 9.48 Å². The van der Waals surface area contributed by atoms with Crippen LogP contribution in [0.3, 0.4) is 0 Å². The molecule has 6 rings (SSSR count). The maximum absolute atomic E-state index is 13.1. The molecule has 0 aliphatic heterocycles. The summed E-state index contributed by atoms with van der Waals surface area (Å²) in [5, 5.41) is 11.7. The molecule has 2 aliphatic rings. The molecule has 0 radical (unpaired) electrons. The summed E-state index contributed by atoms with van der Waals surface area (Å²) >= 11 is 0. The second kappa shape index (κ2) is 9.78. The first-order valence-corrected chi connectivity index (χ1v) is 14.4. The van der Waals surface area contributed by atoms with E-state index >= 15 is 0 Å². The van der Waals surface area contributed by atoms with Crippen molar-refractivity contribution in [2.45, 2.75) is 91.6 Å². The Morgan fingerprint density at radius 1 is 1.24 bits per heavy atom. The van der Waals surface area contributed by atoms with Gasteiger partial charge in [0.25, 0.3) is 11.7 Å². The summed E-state index contributed by atoms with van der Waals surface area (Å²) in [5.74, 6) is 1.03. The van der Waals surface area contributed by atoms with Crippen molar-refractivity contribution >= 4 is 22.6 Å². The molecule has 0 bridgehead atoms. The van der Waals surface area contributed by atoms with E-state index in [9.17, 15) is 4.79 Å². The molecule has 0 saturated heterocycles. The van der Waals surface area contributed by atoms with Gasteiger partial charge >= 0.3 is 0 Å². The van der Waals surface area contributed by atoms with Gasteiger partial charge in [-0.25, -0.2) is 9.97 Å². The second-order valence-corrected chi connectivity index (χ2v) is 12.9. The number of hydrogen-bond donors (Lipinski definition) is 2.